The van der Waals surface area contributed by atoms with Crippen molar-refractivity contribution in [1.82, 2.24) is 4.90 Å². The molecule has 0 bridgehead atoms. The first-order chi connectivity index (χ1) is 15.8. The molecule has 0 aliphatic carbocycles. The summed E-state index contributed by atoms with van der Waals surface area (Å²) in [6.07, 6.45) is -0.0190. The van der Waals surface area contributed by atoms with Crippen molar-refractivity contribution in [2.75, 3.05) is 5.32 Å². The first-order valence-corrected chi connectivity index (χ1v) is 10.4. The van der Waals surface area contributed by atoms with E-state index >= 15 is 0 Å². The largest absolute Gasteiger partial charge is 0.324 e. The number of nitrogens with one attached hydrogen (secondary N) is 1. The lowest BCUT2D eigenvalue weighted by Gasteiger charge is -2.25. The van der Waals surface area contributed by atoms with Crippen LogP contribution in [0.1, 0.15) is 31.8 Å². The molecule has 1 N–H and O–H groups in total. The van der Waals surface area contributed by atoms with Crippen LogP contribution in [0.2, 0.25) is 5.02 Å². The number of hydrogen-bond donors (Lipinski definition) is 1. The SMILES string of the molecule is Cc1ccc(NC(=O)[C@@H](Cc2ccc([N+](=O)[O-])cc2)N2C(=O)c3ccccc3C2=O)cc1Cl. The van der Waals surface area contributed by atoms with Gasteiger partial charge in [-0.25, -0.2) is 0 Å². The standard InChI is InChI=1S/C24H18ClN3O5/c1-14-6-9-16(13-20(14)25)26-22(29)21(12-15-7-10-17(11-8-15)28(32)33)27-23(30)18-4-2-3-5-19(18)24(27)31/h2-11,13,21H,12H2,1H3,(H,26,29)/t21-/m1/s1. The van der Waals surface area contributed by atoms with Crippen molar-refractivity contribution in [2.24, 2.45) is 0 Å². The van der Waals surface area contributed by atoms with Gasteiger partial charge in [-0.05, 0) is 42.3 Å². The fourth-order valence-corrected chi connectivity index (χ4v) is 3.85. The number of imide groups is 1. The van der Waals surface area contributed by atoms with E-state index in [1.165, 1.54) is 36.4 Å². The number of fused-ring (bicyclic) bond motifs is 1. The zero-order valence-electron chi connectivity index (χ0n) is 17.4. The predicted octanol–water partition coefficient (Wildman–Crippen LogP) is 4.40. The fourth-order valence-electron chi connectivity index (χ4n) is 3.67. The molecular formula is C24H18ClN3O5. The smallest absolute Gasteiger partial charge is 0.269 e. The minimum Gasteiger partial charge on any atom is -0.324 e. The Bertz CT molecular complexity index is 1250. The molecule has 1 atom stereocenters. The quantitative estimate of drug-likeness (QED) is 0.331. The third-order valence-corrected chi connectivity index (χ3v) is 5.86. The maximum atomic E-state index is 13.3. The molecule has 0 saturated carbocycles. The summed E-state index contributed by atoms with van der Waals surface area (Å²) in [7, 11) is 0. The van der Waals surface area contributed by atoms with E-state index in [4.69, 9.17) is 11.6 Å². The third kappa shape index (κ3) is 4.33. The molecule has 1 aliphatic rings. The molecule has 4 rings (SSSR count). The normalized spacial score (nSPS) is 13.6. The molecule has 0 spiro atoms. The van der Waals surface area contributed by atoms with E-state index in [0.717, 1.165) is 10.5 Å². The number of nitrogens with zero attached hydrogens (tertiary/aromatic N) is 2. The minimum atomic E-state index is -1.18. The van der Waals surface area contributed by atoms with E-state index < -0.39 is 28.7 Å². The minimum absolute atomic E-state index is 0.0190. The second-order valence-electron chi connectivity index (χ2n) is 7.62. The summed E-state index contributed by atoms with van der Waals surface area (Å²) in [6, 6.07) is 15.8. The fraction of sp³-hybridized carbons (Fsp3) is 0.125. The lowest BCUT2D eigenvalue weighted by molar-refractivity contribution is -0.384. The maximum Gasteiger partial charge on any atom is 0.269 e. The summed E-state index contributed by atoms with van der Waals surface area (Å²) in [5.74, 6) is -1.72. The van der Waals surface area contributed by atoms with Crippen LogP contribution < -0.4 is 5.32 Å². The average Bonchev–Trinajstić information content (AvgIpc) is 3.05. The summed E-state index contributed by atoms with van der Waals surface area (Å²) in [6.45, 7) is 1.82. The van der Waals surface area contributed by atoms with Crippen molar-refractivity contribution in [1.29, 1.82) is 0 Å². The molecule has 0 fully saturated rings. The Balaban J connectivity index is 1.68. The number of amides is 3. The predicted molar refractivity (Wildman–Crippen MR) is 122 cm³/mol. The van der Waals surface area contributed by atoms with Gasteiger partial charge in [0.1, 0.15) is 6.04 Å². The highest BCUT2D eigenvalue weighted by molar-refractivity contribution is 6.31. The van der Waals surface area contributed by atoms with Crippen LogP contribution in [0.5, 0.6) is 0 Å². The zero-order chi connectivity index (χ0) is 23.7. The molecule has 1 aliphatic heterocycles. The number of nitro benzene ring substituents is 1. The Morgan fingerprint density at radius 2 is 1.64 bits per heavy atom. The molecule has 1 heterocycles. The molecule has 166 valence electrons. The van der Waals surface area contributed by atoms with E-state index in [-0.39, 0.29) is 23.2 Å². The molecule has 0 aromatic heterocycles. The molecule has 3 aromatic carbocycles. The van der Waals surface area contributed by atoms with E-state index in [2.05, 4.69) is 5.32 Å². The molecule has 3 amide bonds. The van der Waals surface area contributed by atoms with Crippen molar-refractivity contribution in [2.45, 2.75) is 19.4 Å². The van der Waals surface area contributed by atoms with Crippen LogP contribution >= 0.6 is 11.6 Å². The Morgan fingerprint density at radius 1 is 1.03 bits per heavy atom. The molecule has 8 nitrogen and oxygen atoms in total. The van der Waals surface area contributed by atoms with Gasteiger partial charge in [-0.3, -0.25) is 29.4 Å². The Hall–Kier alpha value is -4.04. The number of non-ortho nitro benzene ring substituents is 1. The first kappa shape index (κ1) is 22.2. The monoisotopic (exact) mass is 463 g/mol. The second kappa shape index (κ2) is 8.84. The van der Waals surface area contributed by atoms with Gasteiger partial charge in [0, 0.05) is 29.3 Å². The van der Waals surface area contributed by atoms with Gasteiger partial charge in [-0.15, -0.1) is 0 Å². The van der Waals surface area contributed by atoms with Crippen LogP contribution in [-0.4, -0.2) is 33.6 Å². The highest BCUT2D eigenvalue weighted by Crippen LogP contribution is 2.27. The zero-order valence-corrected chi connectivity index (χ0v) is 18.2. The van der Waals surface area contributed by atoms with Crippen LogP contribution in [0.25, 0.3) is 0 Å². The van der Waals surface area contributed by atoms with Gasteiger partial charge in [-0.1, -0.05) is 41.9 Å². The Morgan fingerprint density at radius 3 is 2.18 bits per heavy atom. The number of aryl methyl sites for hydroxylation is 1. The van der Waals surface area contributed by atoms with E-state index in [1.54, 1.807) is 30.3 Å². The lowest BCUT2D eigenvalue weighted by atomic mass is 10.0. The van der Waals surface area contributed by atoms with Gasteiger partial charge in [-0.2, -0.15) is 0 Å². The topological polar surface area (TPSA) is 110 Å². The van der Waals surface area contributed by atoms with Crippen LogP contribution in [-0.2, 0) is 11.2 Å². The molecule has 3 aromatic rings. The number of benzene rings is 3. The van der Waals surface area contributed by atoms with Gasteiger partial charge >= 0.3 is 0 Å². The van der Waals surface area contributed by atoms with Crippen molar-refractivity contribution < 1.29 is 19.3 Å². The summed E-state index contributed by atoms with van der Waals surface area (Å²) >= 11 is 6.16. The van der Waals surface area contributed by atoms with Crippen LogP contribution in [0.15, 0.2) is 66.7 Å². The molecule has 0 unspecified atom stereocenters. The lowest BCUT2D eigenvalue weighted by Crippen LogP contribution is -2.48. The van der Waals surface area contributed by atoms with Crippen LogP contribution in [0.4, 0.5) is 11.4 Å². The van der Waals surface area contributed by atoms with Crippen molar-refractivity contribution in [3.63, 3.8) is 0 Å². The van der Waals surface area contributed by atoms with Gasteiger partial charge < -0.3 is 5.32 Å². The number of nitro groups is 1. The number of carbonyl (C=O) groups is 3. The molecule has 33 heavy (non-hydrogen) atoms. The van der Waals surface area contributed by atoms with Crippen molar-refractivity contribution in [3.05, 3.63) is 104 Å². The summed E-state index contributed by atoms with van der Waals surface area (Å²) in [4.78, 5) is 50.8. The maximum absolute atomic E-state index is 13.3. The number of carbonyl (C=O) groups excluding carboxylic acids is 3. The van der Waals surface area contributed by atoms with Gasteiger partial charge in [0.15, 0.2) is 0 Å². The summed E-state index contributed by atoms with van der Waals surface area (Å²) in [5.41, 5.74) is 2.15. The first-order valence-electron chi connectivity index (χ1n) is 10.0. The van der Waals surface area contributed by atoms with Gasteiger partial charge in [0.2, 0.25) is 5.91 Å². The van der Waals surface area contributed by atoms with E-state index in [9.17, 15) is 24.5 Å². The summed E-state index contributed by atoms with van der Waals surface area (Å²) < 4.78 is 0. The number of hydrogen-bond acceptors (Lipinski definition) is 5. The summed E-state index contributed by atoms with van der Waals surface area (Å²) in [5, 5.41) is 14.1. The Labute approximate surface area is 193 Å². The van der Waals surface area contributed by atoms with Crippen LogP contribution in [0, 0.1) is 17.0 Å². The Kier molecular flexibility index (Phi) is 5.93. The van der Waals surface area contributed by atoms with Crippen LogP contribution in [0.3, 0.4) is 0 Å². The van der Waals surface area contributed by atoms with E-state index in [1.807, 2.05) is 6.92 Å². The van der Waals surface area contributed by atoms with Crippen molar-refractivity contribution >= 4 is 40.7 Å². The van der Waals surface area contributed by atoms with Gasteiger partial charge in [0.05, 0.1) is 16.1 Å². The second-order valence-corrected chi connectivity index (χ2v) is 8.03. The molecule has 0 radical (unpaired) electrons. The molecular weight excluding hydrogens is 446 g/mol. The van der Waals surface area contributed by atoms with Crippen molar-refractivity contribution in [3.8, 4) is 0 Å². The van der Waals surface area contributed by atoms with Gasteiger partial charge in [0.25, 0.3) is 17.5 Å². The third-order valence-electron chi connectivity index (χ3n) is 5.46. The number of halogens is 1. The molecule has 0 saturated heterocycles. The highest BCUT2D eigenvalue weighted by Gasteiger charge is 2.42. The van der Waals surface area contributed by atoms with E-state index in [0.29, 0.717) is 16.3 Å². The molecule has 9 heteroatoms. The average molecular weight is 464 g/mol. The highest BCUT2D eigenvalue weighted by atomic mass is 35.5. The number of anilines is 1. The number of rotatable bonds is 6.